The molecular weight excluding hydrogens is 330 g/mol. The SMILES string of the molecule is CCCNc1nc2c(c(=O)[nH]c(=O)n2C)n1Cc1ccc(Cl)cc1. The first-order valence-electron chi connectivity index (χ1n) is 7.69. The lowest BCUT2D eigenvalue weighted by Crippen LogP contribution is -2.29. The van der Waals surface area contributed by atoms with Gasteiger partial charge in [-0.25, -0.2) is 4.79 Å². The lowest BCUT2D eigenvalue weighted by molar-refractivity contribution is 0.803. The van der Waals surface area contributed by atoms with Crippen molar-refractivity contribution in [3.63, 3.8) is 0 Å². The van der Waals surface area contributed by atoms with Crippen LogP contribution in [-0.2, 0) is 13.6 Å². The van der Waals surface area contributed by atoms with Crippen molar-refractivity contribution in [3.05, 3.63) is 55.7 Å². The number of imidazole rings is 1. The Morgan fingerprint density at radius 2 is 1.96 bits per heavy atom. The summed E-state index contributed by atoms with van der Waals surface area (Å²) in [7, 11) is 1.59. The molecule has 126 valence electrons. The highest BCUT2D eigenvalue weighted by atomic mass is 35.5. The first kappa shape index (κ1) is 16.3. The third kappa shape index (κ3) is 2.94. The van der Waals surface area contributed by atoms with Crippen LogP contribution >= 0.6 is 11.6 Å². The van der Waals surface area contributed by atoms with E-state index in [1.807, 2.05) is 19.1 Å². The number of H-pyrrole nitrogens is 1. The van der Waals surface area contributed by atoms with Gasteiger partial charge < -0.3 is 5.32 Å². The molecule has 3 aromatic rings. The first-order valence-corrected chi connectivity index (χ1v) is 8.07. The number of aromatic amines is 1. The lowest BCUT2D eigenvalue weighted by Gasteiger charge is -2.10. The summed E-state index contributed by atoms with van der Waals surface area (Å²) in [4.78, 5) is 30.9. The summed E-state index contributed by atoms with van der Waals surface area (Å²) in [6.07, 6.45) is 0.916. The molecule has 0 spiro atoms. The van der Waals surface area contributed by atoms with E-state index in [0.29, 0.717) is 28.7 Å². The summed E-state index contributed by atoms with van der Waals surface area (Å²) in [6.45, 7) is 3.21. The fourth-order valence-electron chi connectivity index (χ4n) is 2.53. The molecule has 0 aliphatic carbocycles. The first-order chi connectivity index (χ1) is 11.5. The fourth-order valence-corrected chi connectivity index (χ4v) is 2.66. The lowest BCUT2D eigenvalue weighted by atomic mass is 10.2. The molecule has 0 atom stereocenters. The van der Waals surface area contributed by atoms with E-state index in [0.717, 1.165) is 18.5 Å². The van der Waals surface area contributed by atoms with E-state index in [9.17, 15) is 9.59 Å². The van der Waals surface area contributed by atoms with Gasteiger partial charge in [-0.2, -0.15) is 4.98 Å². The van der Waals surface area contributed by atoms with Crippen LogP contribution in [0.15, 0.2) is 33.9 Å². The Hall–Kier alpha value is -2.54. The Morgan fingerprint density at radius 1 is 1.25 bits per heavy atom. The predicted octanol–water partition coefficient (Wildman–Crippen LogP) is 1.95. The third-order valence-electron chi connectivity index (χ3n) is 3.79. The van der Waals surface area contributed by atoms with Gasteiger partial charge in [-0.1, -0.05) is 30.7 Å². The minimum Gasteiger partial charge on any atom is -0.356 e. The van der Waals surface area contributed by atoms with Gasteiger partial charge >= 0.3 is 5.69 Å². The van der Waals surface area contributed by atoms with Gasteiger partial charge in [-0.05, 0) is 24.1 Å². The van der Waals surface area contributed by atoms with Crippen LogP contribution in [-0.4, -0.2) is 25.6 Å². The second kappa shape index (κ2) is 6.52. The molecule has 3 rings (SSSR count). The van der Waals surface area contributed by atoms with E-state index in [4.69, 9.17) is 11.6 Å². The number of fused-ring (bicyclic) bond motifs is 1. The second-order valence-electron chi connectivity index (χ2n) is 5.57. The molecular formula is C16H18ClN5O2. The summed E-state index contributed by atoms with van der Waals surface area (Å²) in [6, 6.07) is 7.39. The van der Waals surface area contributed by atoms with Crippen LogP contribution in [0.4, 0.5) is 5.95 Å². The zero-order valence-corrected chi connectivity index (χ0v) is 14.2. The highest BCUT2D eigenvalue weighted by molar-refractivity contribution is 6.30. The van der Waals surface area contributed by atoms with Gasteiger partial charge in [0, 0.05) is 18.6 Å². The molecule has 8 heteroatoms. The maximum Gasteiger partial charge on any atom is 0.329 e. The van der Waals surface area contributed by atoms with Crippen molar-refractivity contribution < 1.29 is 0 Å². The minimum atomic E-state index is -0.481. The number of hydrogen-bond donors (Lipinski definition) is 2. The molecule has 2 aromatic heterocycles. The molecule has 0 radical (unpaired) electrons. The number of hydrogen-bond acceptors (Lipinski definition) is 4. The van der Waals surface area contributed by atoms with Crippen molar-refractivity contribution in [2.75, 3.05) is 11.9 Å². The van der Waals surface area contributed by atoms with Gasteiger partial charge in [0.25, 0.3) is 5.56 Å². The highest BCUT2D eigenvalue weighted by Gasteiger charge is 2.17. The van der Waals surface area contributed by atoms with Crippen LogP contribution in [0.25, 0.3) is 11.2 Å². The van der Waals surface area contributed by atoms with Crippen molar-refractivity contribution in [2.45, 2.75) is 19.9 Å². The van der Waals surface area contributed by atoms with E-state index in [1.54, 1.807) is 23.7 Å². The summed E-state index contributed by atoms with van der Waals surface area (Å²) in [5.74, 6) is 0.563. The molecule has 2 N–H and O–H groups in total. The van der Waals surface area contributed by atoms with Gasteiger partial charge in [-0.15, -0.1) is 0 Å². The van der Waals surface area contributed by atoms with Crippen LogP contribution in [0.1, 0.15) is 18.9 Å². The molecule has 0 bridgehead atoms. The molecule has 0 amide bonds. The zero-order valence-electron chi connectivity index (χ0n) is 13.5. The van der Waals surface area contributed by atoms with Crippen molar-refractivity contribution in [2.24, 2.45) is 7.05 Å². The van der Waals surface area contributed by atoms with Gasteiger partial charge in [0.05, 0.1) is 6.54 Å². The van der Waals surface area contributed by atoms with E-state index < -0.39 is 11.2 Å². The number of benzene rings is 1. The zero-order chi connectivity index (χ0) is 17.3. The molecule has 1 aromatic carbocycles. The van der Waals surface area contributed by atoms with Gasteiger partial charge in [0.1, 0.15) is 0 Å². The van der Waals surface area contributed by atoms with Gasteiger partial charge in [0.15, 0.2) is 11.2 Å². The number of nitrogens with zero attached hydrogens (tertiary/aromatic N) is 3. The second-order valence-corrected chi connectivity index (χ2v) is 6.00. The van der Waals surface area contributed by atoms with Crippen LogP contribution in [0.3, 0.4) is 0 Å². The van der Waals surface area contributed by atoms with Crippen LogP contribution < -0.4 is 16.6 Å². The Balaban J connectivity index is 2.19. The maximum absolute atomic E-state index is 12.3. The number of rotatable bonds is 5. The van der Waals surface area contributed by atoms with Crippen molar-refractivity contribution in [3.8, 4) is 0 Å². The summed E-state index contributed by atoms with van der Waals surface area (Å²) < 4.78 is 3.12. The normalized spacial score (nSPS) is 11.1. The van der Waals surface area contributed by atoms with Crippen LogP contribution in [0.5, 0.6) is 0 Å². The molecule has 0 aliphatic heterocycles. The molecule has 2 heterocycles. The quantitative estimate of drug-likeness (QED) is 0.738. The largest absolute Gasteiger partial charge is 0.356 e. The van der Waals surface area contributed by atoms with Crippen molar-refractivity contribution in [1.82, 2.24) is 19.1 Å². The Kier molecular flexibility index (Phi) is 4.44. The number of halogens is 1. The summed E-state index contributed by atoms with van der Waals surface area (Å²) in [5, 5.41) is 3.87. The smallest absolute Gasteiger partial charge is 0.329 e. The van der Waals surface area contributed by atoms with E-state index in [2.05, 4.69) is 15.3 Å². The maximum atomic E-state index is 12.3. The third-order valence-corrected chi connectivity index (χ3v) is 4.05. The minimum absolute atomic E-state index is 0.358. The molecule has 24 heavy (non-hydrogen) atoms. The monoisotopic (exact) mass is 347 g/mol. The van der Waals surface area contributed by atoms with Crippen molar-refractivity contribution in [1.29, 1.82) is 0 Å². The Morgan fingerprint density at radius 3 is 2.62 bits per heavy atom. The van der Waals surface area contributed by atoms with Crippen LogP contribution in [0.2, 0.25) is 5.02 Å². The number of aromatic nitrogens is 4. The van der Waals surface area contributed by atoms with Gasteiger partial charge in [-0.3, -0.25) is 18.9 Å². The Bertz CT molecular complexity index is 985. The van der Waals surface area contributed by atoms with E-state index >= 15 is 0 Å². The molecule has 0 fully saturated rings. The Labute approximate surface area is 142 Å². The molecule has 7 nitrogen and oxygen atoms in total. The fraction of sp³-hybridized carbons (Fsp3) is 0.312. The van der Waals surface area contributed by atoms with E-state index in [-0.39, 0.29) is 0 Å². The van der Waals surface area contributed by atoms with Crippen molar-refractivity contribution >= 4 is 28.7 Å². The highest BCUT2D eigenvalue weighted by Crippen LogP contribution is 2.18. The number of aryl methyl sites for hydroxylation is 1. The number of anilines is 1. The average molecular weight is 348 g/mol. The van der Waals surface area contributed by atoms with Crippen LogP contribution in [0, 0.1) is 0 Å². The molecule has 0 unspecified atom stereocenters. The van der Waals surface area contributed by atoms with Gasteiger partial charge in [0.2, 0.25) is 5.95 Å². The summed E-state index contributed by atoms with van der Waals surface area (Å²) >= 11 is 5.93. The standard InChI is InChI=1S/C16H18ClN5O2/c1-3-8-18-15-19-13-12(14(23)20-16(24)21(13)2)22(15)9-10-4-6-11(17)7-5-10/h4-7H,3,8-9H2,1-2H3,(H,18,19)(H,20,23,24). The molecule has 0 aliphatic rings. The summed E-state index contributed by atoms with van der Waals surface area (Å²) in [5.41, 5.74) is 0.776. The topological polar surface area (TPSA) is 84.7 Å². The molecule has 0 saturated carbocycles. The number of nitrogens with one attached hydrogen (secondary N) is 2. The predicted molar refractivity (Wildman–Crippen MR) is 94.9 cm³/mol. The molecule has 0 saturated heterocycles. The van der Waals surface area contributed by atoms with E-state index in [1.165, 1.54) is 4.57 Å². The average Bonchev–Trinajstić information content (AvgIpc) is 2.92.